The predicted octanol–water partition coefficient (Wildman–Crippen LogP) is 2.01. The lowest BCUT2D eigenvalue weighted by atomic mass is 10.0. The third kappa shape index (κ3) is 3.09. The first kappa shape index (κ1) is 13.5. The molecule has 3 nitrogen and oxygen atoms in total. The van der Waals surface area contributed by atoms with Gasteiger partial charge in [-0.15, -0.1) is 0 Å². The zero-order chi connectivity index (χ0) is 13.2. The summed E-state index contributed by atoms with van der Waals surface area (Å²) in [6, 6.07) is 6.66. The Kier molecular flexibility index (Phi) is 4.02. The molecule has 0 bridgehead atoms. The van der Waals surface area contributed by atoms with Crippen LogP contribution < -0.4 is 0 Å². The van der Waals surface area contributed by atoms with Gasteiger partial charge in [0.2, 0.25) is 0 Å². The minimum absolute atomic E-state index is 0.182. The van der Waals surface area contributed by atoms with E-state index in [-0.39, 0.29) is 23.4 Å². The van der Waals surface area contributed by atoms with E-state index in [2.05, 4.69) is 11.8 Å². The highest BCUT2D eigenvalue weighted by Gasteiger charge is 2.26. The highest BCUT2D eigenvalue weighted by Crippen LogP contribution is 2.25. The minimum atomic E-state index is -2.85. The smallest absolute Gasteiger partial charge is 0.152 e. The fourth-order valence-electron chi connectivity index (χ4n) is 2.43. The topological polar surface area (TPSA) is 37.4 Å². The van der Waals surface area contributed by atoms with Gasteiger partial charge in [0.25, 0.3) is 0 Å². The van der Waals surface area contributed by atoms with E-state index >= 15 is 0 Å². The second kappa shape index (κ2) is 5.36. The molecule has 0 spiro atoms. The average Bonchev–Trinajstić information content (AvgIpc) is 2.34. The summed E-state index contributed by atoms with van der Waals surface area (Å²) in [6.07, 6.45) is 0.895. The maximum Gasteiger partial charge on any atom is 0.152 e. The molecule has 0 radical (unpaired) electrons. The van der Waals surface area contributed by atoms with Crippen LogP contribution in [0.15, 0.2) is 24.3 Å². The third-order valence-corrected chi connectivity index (χ3v) is 5.07. The highest BCUT2D eigenvalue weighted by molar-refractivity contribution is 7.91. The summed E-state index contributed by atoms with van der Waals surface area (Å²) in [4.78, 5) is 2.17. The van der Waals surface area contributed by atoms with Crippen LogP contribution in [0.2, 0.25) is 0 Å². The molecule has 2 rings (SSSR count). The number of nitrogens with zero attached hydrogens (tertiary/aromatic N) is 1. The molecule has 1 unspecified atom stereocenters. The van der Waals surface area contributed by atoms with Crippen LogP contribution in [0.4, 0.5) is 4.39 Å². The largest absolute Gasteiger partial charge is 0.294 e. The normalized spacial score (nSPS) is 21.7. The van der Waals surface area contributed by atoms with E-state index in [1.807, 2.05) is 0 Å². The molecule has 1 aromatic rings. The molecular weight excluding hydrogens is 253 g/mol. The van der Waals surface area contributed by atoms with E-state index in [4.69, 9.17) is 0 Å². The van der Waals surface area contributed by atoms with Crippen molar-refractivity contribution >= 4 is 9.84 Å². The van der Waals surface area contributed by atoms with Crippen LogP contribution in [0.5, 0.6) is 0 Å². The van der Waals surface area contributed by atoms with Crippen LogP contribution in [0, 0.1) is 5.82 Å². The first-order valence-corrected chi connectivity index (χ1v) is 8.04. The van der Waals surface area contributed by atoms with Crippen LogP contribution in [0.25, 0.3) is 0 Å². The first-order chi connectivity index (χ1) is 8.52. The number of benzene rings is 1. The van der Waals surface area contributed by atoms with Gasteiger partial charge in [-0.1, -0.05) is 19.1 Å². The monoisotopic (exact) mass is 271 g/mol. The van der Waals surface area contributed by atoms with Gasteiger partial charge in [-0.3, -0.25) is 4.90 Å². The molecule has 0 aliphatic carbocycles. The van der Waals surface area contributed by atoms with Gasteiger partial charge in [-0.05, 0) is 24.1 Å². The summed E-state index contributed by atoms with van der Waals surface area (Å²) >= 11 is 0. The number of rotatable bonds is 3. The molecule has 1 aliphatic heterocycles. The molecule has 1 fully saturated rings. The maximum atomic E-state index is 12.9. The van der Waals surface area contributed by atoms with Gasteiger partial charge >= 0.3 is 0 Å². The number of sulfone groups is 1. The number of hydrogen-bond donors (Lipinski definition) is 0. The zero-order valence-corrected chi connectivity index (χ0v) is 11.3. The van der Waals surface area contributed by atoms with E-state index in [1.54, 1.807) is 12.1 Å². The SMILES string of the molecule is CCC(c1ccc(F)cc1)N1CCS(=O)(=O)CC1. The summed E-state index contributed by atoms with van der Waals surface area (Å²) in [5, 5.41) is 0. The summed E-state index contributed by atoms with van der Waals surface area (Å²) in [5.41, 5.74) is 1.05. The van der Waals surface area contributed by atoms with Gasteiger partial charge in [0.15, 0.2) is 9.84 Å². The second-order valence-electron chi connectivity index (χ2n) is 4.66. The van der Waals surface area contributed by atoms with E-state index in [9.17, 15) is 12.8 Å². The third-order valence-electron chi connectivity index (χ3n) is 3.46. The van der Waals surface area contributed by atoms with Crippen molar-refractivity contribution in [2.24, 2.45) is 0 Å². The van der Waals surface area contributed by atoms with Gasteiger partial charge in [0.05, 0.1) is 11.5 Å². The van der Waals surface area contributed by atoms with Crippen molar-refractivity contribution < 1.29 is 12.8 Å². The molecule has 5 heteroatoms. The minimum Gasteiger partial charge on any atom is -0.294 e. The van der Waals surface area contributed by atoms with Crippen LogP contribution in [-0.4, -0.2) is 37.9 Å². The van der Waals surface area contributed by atoms with Crippen LogP contribution in [0.1, 0.15) is 24.9 Å². The summed E-state index contributed by atoms with van der Waals surface area (Å²) in [7, 11) is -2.85. The number of halogens is 1. The molecule has 1 heterocycles. The van der Waals surface area contributed by atoms with E-state index in [0.717, 1.165) is 12.0 Å². The Morgan fingerprint density at radius 1 is 1.22 bits per heavy atom. The average molecular weight is 271 g/mol. The summed E-state index contributed by atoms with van der Waals surface area (Å²) < 4.78 is 35.7. The second-order valence-corrected chi connectivity index (χ2v) is 6.97. The Morgan fingerprint density at radius 2 is 1.78 bits per heavy atom. The lowest BCUT2D eigenvalue weighted by molar-refractivity contribution is 0.208. The zero-order valence-electron chi connectivity index (χ0n) is 10.5. The van der Waals surface area contributed by atoms with Gasteiger partial charge in [0.1, 0.15) is 5.82 Å². The van der Waals surface area contributed by atoms with Crippen molar-refractivity contribution in [3.8, 4) is 0 Å². The van der Waals surface area contributed by atoms with Crippen molar-refractivity contribution in [2.75, 3.05) is 24.6 Å². The molecule has 0 aromatic heterocycles. The van der Waals surface area contributed by atoms with Crippen molar-refractivity contribution in [3.63, 3.8) is 0 Å². The van der Waals surface area contributed by atoms with Gasteiger partial charge in [0, 0.05) is 19.1 Å². The Hall–Kier alpha value is -0.940. The standard InChI is InChI=1S/C13H18FNO2S/c1-2-13(11-3-5-12(14)6-4-11)15-7-9-18(16,17)10-8-15/h3-6,13H,2,7-10H2,1H3. The summed E-state index contributed by atoms with van der Waals surface area (Å²) in [5.74, 6) is 0.213. The fraction of sp³-hybridized carbons (Fsp3) is 0.538. The van der Waals surface area contributed by atoms with E-state index in [0.29, 0.717) is 13.1 Å². The van der Waals surface area contributed by atoms with Crippen LogP contribution in [-0.2, 0) is 9.84 Å². The predicted molar refractivity (Wildman–Crippen MR) is 69.7 cm³/mol. The molecule has 18 heavy (non-hydrogen) atoms. The molecule has 0 N–H and O–H groups in total. The molecule has 0 amide bonds. The number of hydrogen-bond acceptors (Lipinski definition) is 3. The molecular formula is C13H18FNO2S. The Bertz CT molecular complexity index is 484. The quantitative estimate of drug-likeness (QED) is 0.844. The maximum absolute atomic E-state index is 12.9. The molecule has 0 saturated carbocycles. The first-order valence-electron chi connectivity index (χ1n) is 6.22. The van der Waals surface area contributed by atoms with Crippen molar-refractivity contribution in [3.05, 3.63) is 35.6 Å². The van der Waals surface area contributed by atoms with Gasteiger partial charge in [-0.25, -0.2) is 12.8 Å². The van der Waals surface area contributed by atoms with Crippen LogP contribution >= 0.6 is 0 Å². The summed E-state index contributed by atoms with van der Waals surface area (Å²) in [6.45, 7) is 3.20. The van der Waals surface area contributed by atoms with E-state index < -0.39 is 9.84 Å². The van der Waals surface area contributed by atoms with Gasteiger partial charge < -0.3 is 0 Å². The lowest BCUT2D eigenvalue weighted by Crippen LogP contribution is -2.42. The highest BCUT2D eigenvalue weighted by atomic mass is 32.2. The molecule has 1 atom stereocenters. The molecule has 1 aliphatic rings. The van der Waals surface area contributed by atoms with Crippen molar-refractivity contribution in [1.29, 1.82) is 0 Å². The Balaban J connectivity index is 2.12. The van der Waals surface area contributed by atoms with E-state index in [1.165, 1.54) is 12.1 Å². The fourth-order valence-corrected chi connectivity index (χ4v) is 3.66. The molecule has 1 aromatic carbocycles. The van der Waals surface area contributed by atoms with Gasteiger partial charge in [-0.2, -0.15) is 0 Å². The van der Waals surface area contributed by atoms with Crippen molar-refractivity contribution in [2.45, 2.75) is 19.4 Å². The Morgan fingerprint density at radius 3 is 2.28 bits per heavy atom. The van der Waals surface area contributed by atoms with Crippen molar-refractivity contribution in [1.82, 2.24) is 4.90 Å². The van der Waals surface area contributed by atoms with Crippen LogP contribution in [0.3, 0.4) is 0 Å². The molecule has 100 valence electrons. The molecule has 1 saturated heterocycles. The lowest BCUT2D eigenvalue weighted by Gasteiger charge is -2.34. The Labute approximate surface area is 108 Å².